The van der Waals surface area contributed by atoms with Crippen LogP contribution in [0.15, 0.2) is 24.3 Å². The summed E-state index contributed by atoms with van der Waals surface area (Å²) in [6.07, 6.45) is 6.75. The second-order valence-electron chi connectivity index (χ2n) is 5.50. The quantitative estimate of drug-likeness (QED) is 0.538. The molecular formula is C18H28O3. The fraction of sp³-hybridized carbons (Fsp3) is 0.556. The molecule has 0 saturated carbocycles. The summed E-state index contributed by atoms with van der Waals surface area (Å²) in [5.41, 5.74) is 2.02. The molecule has 1 aromatic rings. The van der Waals surface area contributed by atoms with Crippen LogP contribution in [-0.2, 0) is 4.79 Å². The maximum Gasteiger partial charge on any atom is 0.303 e. The third kappa shape index (κ3) is 10.8. The Balaban J connectivity index is 0.000000384. The van der Waals surface area contributed by atoms with Gasteiger partial charge in [-0.2, -0.15) is 0 Å². The largest absolute Gasteiger partial charge is 0.481 e. The van der Waals surface area contributed by atoms with E-state index in [1.807, 2.05) is 24.3 Å². The Kier molecular flexibility index (Phi) is 11.2. The highest BCUT2D eigenvalue weighted by atomic mass is 16.4. The van der Waals surface area contributed by atoms with E-state index in [0.29, 0.717) is 12.3 Å². The van der Waals surface area contributed by atoms with Gasteiger partial charge in [0, 0.05) is 12.0 Å². The van der Waals surface area contributed by atoms with E-state index in [4.69, 9.17) is 5.11 Å². The summed E-state index contributed by atoms with van der Waals surface area (Å²) in [5, 5.41) is 8.27. The average molecular weight is 292 g/mol. The smallest absolute Gasteiger partial charge is 0.303 e. The summed E-state index contributed by atoms with van der Waals surface area (Å²) in [4.78, 5) is 20.3. The zero-order valence-electron chi connectivity index (χ0n) is 13.5. The number of carboxylic acids is 1. The summed E-state index contributed by atoms with van der Waals surface area (Å²) in [6.45, 7) is 6.42. The molecule has 1 aromatic carbocycles. The van der Waals surface area contributed by atoms with E-state index < -0.39 is 5.97 Å². The van der Waals surface area contributed by atoms with Crippen LogP contribution in [0, 0.1) is 0 Å². The van der Waals surface area contributed by atoms with Gasteiger partial charge in [-0.05, 0) is 17.9 Å². The Bertz CT molecular complexity index is 393. The SMILES string of the molecule is CC(C)c1ccc(C=O)cc1.CCCCCCCC(=O)O. The van der Waals surface area contributed by atoms with Crippen molar-refractivity contribution in [2.75, 3.05) is 0 Å². The van der Waals surface area contributed by atoms with Gasteiger partial charge >= 0.3 is 5.97 Å². The van der Waals surface area contributed by atoms with Gasteiger partial charge in [0.25, 0.3) is 0 Å². The third-order valence-corrected chi connectivity index (χ3v) is 3.23. The molecule has 1 rings (SSSR count). The van der Waals surface area contributed by atoms with Crippen molar-refractivity contribution in [1.82, 2.24) is 0 Å². The fourth-order valence-corrected chi connectivity index (χ4v) is 1.84. The molecule has 0 unspecified atom stereocenters. The summed E-state index contributed by atoms with van der Waals surface area (Å²) in [7, 11) is 0. The van der Waals surface area contributed by atoms with Crippen molar-refractivity contribution in [3.8, 4) is 0 Å². The van der Waals surface area contributed by atoms with E-state index in [0.717, 1.165) is 24.7 Å². The third-order valence-electron chi connectivity index (χ3n) is 3.23. The summed E-state index contributed by atoms with van der Waals surface area (Å²) in [6, 6.07) is 7.69. The van der Waals surface area contributed by atoms with Crippen molar-refractivity contribution >= 4 is 12.3 Å². The van der Waals surface area contributed by atoms with Crippen molar-refractivity contribution < 1.29 is 14.7 Å². The molecule has 118 valence electrons. The summed E-state index contributed by atoms with van der Waals surface area (Å²) < 4.78 is 0. The van der Waals surface area contributed by atoms with Crippen molar-refractivity contribution in [1.29, 1.82) is 0 Å². The second kappa shape index (κ2) is 12.1. The maximum absolute atomic E-state index is 10.3. The first-order chi connectivity index (χ1) is 10.0. The maximum atomic E-state index is 10.3. The van der Waals surface area contributed by atoms with Gasteiger partial charge in [-0.25, -0.2) is 0 Å². The number of hydrogen-bond acceptors (Lipinski definition) is 2. The number of carbonyl (C=O) groups excluding carboxylic acids is 1. The molecule has 0 bridgehead atoms. The number of carbonyl (C=O) groups is 2. The molecule has 0 amide bonds. The molecule has 0 aliphatic heterocycles. The molecule has 0 atom stereocenters. The molecule has 3 nitrogen and oxygen atoms in total. The van der Waals surface area contributed by atoms with Gasteiger partial charge in [-0.3, -0.25) is 9.59 Å². The molecule has 0 saturated heterocycles. The minimum atomic E-state index is -0.670. The van der Waals surface area contributed by atoms with Gasteiger partial charge in [0.05, 0.1) is 0 Å². The number of aliphatic carboxylic acids is 1. The van der Waals surface area contributed by atoms with Crippen LogP contribution in [0.3, 0.4) is 0 Å². The van der Waals surface area contributed by atoms with Crippen molar-refractivity contribution in [3.05, 3.63) is 35.4 Å². The molecule has 0 aliphatic rings. The molecule has 0 radical (unpaired) electrons. The van der Waals surface area contributed by atoms with Crippen LogP contribution < -0.4 is 0 Å². The van der Waals surface area contributed by atoms with E-state index >= 15 is 0 Å². The molecule has 0 fully saturated rings. The zero-order valence-corrected chi connectivity index (χ0v) is 13.5. The standard InChI is InChI=1S/C10H12O.C8H16O2/c1-8(2)10-5-3-9(7-11)4-6-10;1-2-3-4-5-6-7-8(9)10/h3-8H,1-2H3;2-7H2,1H3,(H,9,10). The normalized spacial score (nSPS) is 9.90. The first-order valence-electron chi connectivity index (χ1n) is 7.78. The first kappa shape index (κ1) is 19.4. The monoisotopic (exact) mass is 292 g/mol. The van der Waals surface area contributed by atoms with Gasteiger partial charge in [-0.15, -0.1) is 0 Å². The second-order valence-corrected chi connectivity index (χ2v) is 5.50. The predicted molar refractivity (Wildman–Crippen MR) is 86.9 cm³/mol. The van der Waals surface area contributed by atoms with E-state index in [1.54, 1.807) is 0 Å². The minimum absolute atomic E-state index is 0.337. The van der Waals surface area contributed by atoms with E-state index in [2.05, 4.69) is 20.8 Å². The molecule has 0 spiro atoms. The number of rotatable bonds is 8. The van der Waals surface area contributed by atoms with Crippen LogP contribution in [0.4, 0.5) is 0 Å². The molecular weight excluding hydrogens is 264 g/mol. The zero-order chi connectivity index (χ0) is 16.1. The average Bonchev–Trinajstić information content (AvgIpc) is 2.47. The van der Waals surface area contributed by atoms with Crippen LogP contribution in [-0.4, -0.2) is 17.4 Å². The van der Waals surface area contributed by atoms with Crippen molar-refractivity contribution in [2.24, 2.45) is 0 Å². The summed E-state index contributed by atoms with van der Waals surface area (Å²) in [5.74, 6) is -0.132. The predicted octanol–water partition coefficient (Wildman–Crippen LogP) is 5.05. The number of carboxylic acid groups (broad SMARTS) is 1. The van der Waals surface area contributed by atoms with Crippen LogP contribution in [0.1, 0.15) is 81.1 Å². The Labute approximate surface area is 128 Å². The van der Waals surface area contributed by atoms with Gasteiger partial charge in [-0.1, -0.05) is 70.7 Å². The van der Waals surface area contributed by atoms with Crippen LogP contribution >= 0.6 is 0 Å². The Morgan fingerprint density at radius 2 is 1.67 bits per heavy atom. The van der Waals surface area contributed by atoms with Gasteiger partial charge in [0.15, 0.2) is 0 Å². The lowest BCUT2D eigenvalue weighted by atomic mass is 10.0. The van der Waals surface area contributed by atoms with E-state index in [9.17, 15) is 9.59 Å². The van der Waals surface area contributed by atoms with Crippen LogP contribution in [0.5, 0.6) is 0 Å². The fourth-order valence-electron chi connectivity index (χ4n) is 1.84. The van der Waals surface area contributed by atoms with Gasteiger partial charge in [0.2, 0.25) is 0 Å². The molecule has 21 heavy (non-hydrogen) atoms. The lowest BCUT2D eigenvalue weighted by Gasteiger charge is -2.03. The van der Waals surface area contributed by atoms with Crippen molar-refractivity contribution in [2.45, 2.75) is 65.2 Å². The van der Waals surface area contributed by atoms with Crippen LogP contribution in [0.25, 0.3) is 0 Å². The molecule has 0 aromatic heterocycles. The Morgan fingerprint density at radius 3 is 2.10 bits per heavy atom. The van der Waals surface area contributed by atoms with E-state index in [1.165, 1.54) is 24.8 Å². The number of aldehydes is 1. The van der Waals surface area contributed by atoms with Gasteiger partial charge < -0.3 is 5.11 Å². The summed E-state index contributed by atoms with van der Waals surface area (Å²) >= 11 is 0. The molecule has 0 heterocycles. The number of hydrogen-bond donors (Lipinski definition) is 1. The lowest BCUT2D eigenvalue weighted by Crippen LogP contribution is -1.93. The Hall–Kier alpha value is -1.64. The Morgan fingerprint density at radius 1 is 1.10 bits per heavy atom. The number of benzene rings is 1. The number of unbranched alkanes of at least 4 members (excludes halogenated alkanes) is 4. The van der Waals surface area contributed by atoms with Crippen molar-refractivity contribution in [3.63, 3.8) is 0 Å². The van der Waals surface area contributed by atoms with E-state index in [-0.39, 0.29) is 0 Å². The highest BCUT2D eigenvalue weighted by Gasteiger charge is 1.97. The molecule has 1 N–H and O–H groups in total. The lowest BCUT2D eigenvalue weighted by molar-refractivity contribution is -0.137. The minimum Gasteiger partial charge on any atom is -0.481 e. The topological polar surface area (TPSA) is 54.4 Å². The molecule has 0 aliphatic carbocycles. The molecule has 3 heteroatoms. The van der Waals surface area contributed by atoms with Crippen LogP contribution in [0.2, 0.25) is 0 Å². The first-order valence-corrected chi connectivity index (χ1v) is 7.78. The van der Waals surface area contributed by atoms with Gasteiger partial charge in [0.1, 0.15) is 6.29 Å². The highest BCUT2D eigenvalue weighted by Crippen LogP contribution is 2.13. The highest BCUT2D eigenvalue weighted by molar-refractivity contribution is 5.74.